The van der Waals surface area contributed by atoms with Gasteiger partial charge in [0.25, 0.3) is 0 Å². The molecule has 0 aliphatic carbocycles. The molecule has 118 valence electrons. The molecule has 1 aromatic carbocycles. The topological polar surface area (TPSA) is 48.3 Å². The Morgan fingerprint density at radius 2 is 1.96 bits per heavy atom. The summed E-state index contributed by atoms with van der Waals surface area (Å²) in [5.74, 6) is -1.04. The number of thiophene rings is 1. The minimum Gasteiger partial charge on any atom is -0.461 e. The number of aromatic nitrogens is 1. The third kappa shape index (κ3) is 3.03. The van der Waals surface area contributed by atoms with E-state index in [4.69, 9.17) is 4.74 Å². The summed E-state index contributed by atoms with van der Waals surface area (Å²) < 4.78 is 20.6. The summed E-state index contributed by atoms with van der Waals surface area (Å²) in [5, 5.41) is 1.90. The second-order valence-corrected chi connectivity index (χ2v) is 5.88. The first kappa shape index (κ1) is 15.4. The number of hydrogen-bond acceptors (Lipinski definition) is 4. The summed E-state index contributed by atoms with van der Waals surface area (Å²) in [6.45, 7) is 2.00. The van der Waals surface area contributed by atoms with E-state index in [9.17, 15) is 14.0 Å². The highest BCUT2D eigenvalue weighted by atomic mass is 32.1. The van der Waals surface area contributed by atoms with Gasteiger partial charge in [-0.25, -0.2) is 9.18 Å². The lowest BCUT2D eigenvalue weighted by molar-refractivity contribution is 0.0514. The molecular formula is C17H14FNO3S. The first-order valence-corrected chi connectivity index (χ1v) is 8.00. The van der Waals surface area contributed by atoms with Crippen molar-refractivity contribution >= 4 is 33.3 Å². The fourth-order valence-corrected chi connectivity index (χ4v) is 3.21. The van der Waals surface area contributed by atoms with Gasteiger partial charge in [-0.2, -0.15) is 0 Å². The number of ether oxygens (including phenoxy) is 1. The summed E-state index contributed by atoms with van der Waals surface area (Å²) in [4.78, 5) is 24.5. The maximum absolute atomic E-state index is 13.0. The lowest BCUT2D eigenvalue weighted by atomic mass is 10.1. The Morgan fingerprint density at radius 1 is 1.22 bits per heavy atom. The van der Waals surface area contributed by atoms with Crippen LogP contribution in [0.15, 0.2) is 41.8 Å². The molecule has 0 aliphatic heterocycles. The van der Waals surface area contributed by atoms with Crippen molar-refractivity contribution in [3.8, 4) is 0 Å². The molecule has 0 unspecified atom stereocenters. The average molecular weight is 331 g/mol. The molecule has 2 aromatic heterocycles. The molecule has 3 rings (SSSR count). The summed E-state index contributed by atoms with van der Waals surface area (Å²) in [6.07, 6.45) is 0. The zero-order valence-corrected chi connectivity index (χ0v) is 13.2. The molecule has 23 heavy (non-hydrogen) atoms. The quantitative estimate of drug-likeness (QED) is 0.526. The van der Waals surface area contributed by atoms with Crippen molar-refractivity contribution < 1.29 is 18.7 Å². The van der Waals surface area contributed by atoms with Crippen molar-refractivity contribution in [2.75, 3.05) is 6.61 Å². The minimum absolute atomic E-state index is 0.0000132. The van der Waals surface area contributed by atoms with Crippen LogP contribution in [0.2, 0.25) is 0 Å². The molecule has 2 heterocycles. The molecule has 6 heteroatoms. The molecule has 0 amide bonds. The van der Waals surface area contributed by atoms with Crippen LogP contribution in [0.5, 0.6) is 0 Å². The van der Waals surface area contributed by atoms with Crippen LogP contribution in [0.4, 0.5) is 4.39 Å². The molecule has 0 fully saturated rings. The highest BCUT2D eigenvalue weighted by Gasteiger charge is 2.19. The van der Waals surface area contributed by atoms with Gasteiger partial charge < -0.3 is 9.30 Å². The zero-order chi connectivity index (χ0) is 16.4. The predicted octanol–water partition coefficient (Wildman–Crippen LogP) is 3.90. The second kappa shape index (κ2) is 6.34. The van der Waals surface area contributed by atoms with Gasteiger partial charge in [0.2, 0.25) is 0 Å². The minimum atomic E-state index is -0.456. The summed E-state index contributed by atoms with van der Waals surface area (Å²) in [6, 6.07) is 8.97. The van der Waals surface area contributed by atoms with Crippen molar-refractivity contribution in [2.24, 2.45) is 0 Å². The Balaban J connectivity index is 1.96. The normalized spacial score (nSPS) is 10.9. The lowest BCUT2D eigenvalue weighted by Crippen LogP contribution is -2.17. The Hall–Kier alpha value is -2.47. The van der Waals surface area contributed by atoms with Gasteiger partial charge in [-0.05, 0) is 48.7 Å². The molecule has 0 saturated carbocycles. The van der Waals surface area contributed by atoms with E-state index in [0.717, 1.165) is 10.2 Å². The Kier molecular flexibility index (Phi) is 4.25. The maximum atomic E-state index is 13.0. The lowest BCUT2D eigenvalue weighted by Gasteiger charge is -2.09. The second-order valence-electron chi connectivity index (χ2n) is 4.94. The van der Waals surface area contributed by atoms with Crippen LogP contribution in [0.3, 0.4) is 0 Å². The molecular weight excluding hydrogens is 317 g/mol. The SMILES string of the molecule is CCOC(=O)c1cc2sccc2n1CC(=O)c1ccc(F)cc1. The third-order valence-electron chi connectivity index (χ3n) is 3.48. The zero-order valence-electron chi connectivity index (χ0n) is 12.4. The first-order chi connectivity index (χ1) is 11.1. The first-order valence-electron chi connectivity index (χ1n) is 7.12. The summed E-state index contributed by atoms with van der Waals surface area (Å²) in [5.41, 5.74) is 1.57. The average Bonchev–Trinajstić information content (AvgIpc) is 3.11. The van der Waals surface area contributed by atoms with Crippen LogP contribution in [0.25, 0.3) is 10.2 Å². The fraction of sp³-hybridized carbons (Fsp3) is 0.176. The van der Waals surface area contributed by atoms with Crippen molar-refractivity contribution in [2.45, 2.75) is 13.5 Å². The van der Waals surface area contributed by atoms with Gasteiger partial charge in [0, 0.05) is 5.56 Å². The molecule has 4 nitrogen and oxygen atoms in total. The molecule has 0 saturated heterocycles. The number of halogens is 1. The van der Waals surface area contributed by atoms with E-state index in [1.807, 2.05) is 11.4 Å². The predicted molar refractivity (Wildman–Crippen MR) is 86.5 cm³/mol. The van der Waals surface area contributed by atoms with E-state index in [-0.39, 0.29) is 18.9 Å². The number of carbonyl (C=O) groups excluding carboxylic acids is 2. The van der Waals surface area contributed by atoms with E-state index >= 15 is 0 Å². The van der Waals surface area contributed by atoms with Crippen LogP contribution in [0.1, 0.15) is 27.8 Å². The van der Waals surface area contributed by atoms with Crippen molar-refractivity contribution in [3.63, 3.8) is 0 Å². The van der Waals surface area contributed by atoms with Crippen LogP contribution >= 0.6 is 11.3 Å². The number of hydrogen-bond donors (Lipinski definition) is 0. The van der Waals surface area contributed by atoms with Crippen LogP contribution < -0.4 is 0 Å². The number of fused-ring (bicyclic) bond motifs is 1. The molecule has 0 N–H and O–H groups in total. The van der Waals surface area contributed by atoms with Gasteiger partial charge in [0.05, 0.1) is 23.4 Å². The smallest absolute Gasteiger partial charge is 0.355 e. The number of rotatable bonds is 5. The van der Waals surface area contributed by atoms with Crippen molar-refractivity contribution in [1.82, 2.24) is 4.57 Å². The van der Waals surface area contributed by atoms with Crippen LogP contribution in [-0.4, -0.2) is 22.9 Å². The number of ketones is 1. The Labute approximate surface area is 136 Å². The van der Waals surface area contributed by atoms with Gasteiger partial charge in [-0.3, -0.25) is 4.79 Å². The Bertz CT molecular complexity index is 864. The third-order valence-corrected chi connectivity index (χ3v) is 4.33. The van der Waals surface area contributed by atoms with Crippen molar-refractivity contribution in [1.29, 1.82) is 0 Å². The highest BCUT2D eigenvalue weighted by Crippen LogP contribution is 2.26. The summed E-state index contributed by atoms with van der Waals surface area (Å²) in [7, 11) is 0. The molecule has 0 radical (unpaired) electrons. The number of carbonyl (C=O) groups is 2. The van der Waals surface area contributed by atoms with Gasteiger partial charge in [0.1, 0.15) is 11.5 Å². The monoisotopic (exact) mass is 331 g/mol. The van der Waals surface area contributed by atoms with Gasteiger partial charge in [0.15, 0.2) is 5.78 Å². The Morgan fingerprint density at radius 3 is 2.65 bits per heavy atom. The number of esters is 1. The van der Waals surface area contributed by atoms with Gasteiger partial charge in [-0.15, -0.1) is 11.3 Å². The van der Waals surface area contributed by atoms with E-state index < -0.39 is 11.8 Å². The fourth-order valence-electron chi connectivity index (χ4n) is 2.39. The van der Waals surface area contributed by atoms with Crippen LogP contribution in [-0.2, 0) is 11.3 Å². The number of nitrogens with zero attached hydrogens (tertiary/aromatic N) is 1. The molecule has 0 atom stereocenters. The van der Waals surface area contributed by atoms with Gasteiger partial charge in [-0.1, -0.05) is 0 Å². The van der Waals surface area contributed by atoms with E-state index in [1.165, 1.54) is 35.6 Å². The molecule has 3 aromatic rings. The molecule has 0 spiro atoms. The number of benzene rings is 1. The number of Topliss-reactive ketones (excluding diaryl/α,β-unsaturated/α-hetero) is 1. The summed E-state index contributed by atoms with van der Waals surface area (Å²) >= 11 is 1.49. The largest absolute Gasteiger partial charge is 0.461 e. The van der Waals surface area contributed by atoms with Crippen molar-refractivity contribution in [3.05, 3.63) is 58.9 Å². The van der Waals surface area contributed by atoms with E-state index in [0.29, 0.717) is 11.3 Å². The maximum Gasteiger partial charge on any atom is 0.355 e. The van der Waals surface area contributed by atoms with E-state index in [2.05, 4.69) is 0 Å². The highest BCUT2D eigenvalue weighted by molar-refractivity contribution is 7.17. The standard InChI is InChI=1S/C17H14FNO3S/c1-2-22-17(21)14-9-16-13(7-8-23-16)19(14)10-15(20)11-3-5-12(18)6-4-11/h3-9H,2,10H2,1H3. The van der Waals surface area contributed by atoms with Gasteiger partial charge >= 0.3 is 5.97 Å². The van der Waals surface area contributed by atoms with Crippen LogP contribution in [0, 0.1) is 5.82 Å². The van der Waals surface area contributed by atoms with E-state index in [1.54, 1.807) is 17.6 Å². The molecule has 0 aliphatic rings. The molecule has 0 bridgehead atoms.